The molecule has 0 spiro atoms. The molecule has 1 aromatic carbocycles. The van der Waals surface area contributed by atoms with Gasteiger partial charge >= 0.3 is 5.51 Å². The van der Waals surface area contributed by atoms with Gasteiger partial charge in [0.15, 0.2) is 0 Å². The van der Waals surface area contributed by atoms with E-state index in [0.717, 1.165) is 5.56 Å². The predicted octanol–water partition coefficient (Wildman–Crippen LogP) is 3.77. The van der Waals surface area contributed by atoms with Gasteiger partial charge in [0.1, 0.15) is 5.82 Å². The Bertz CT molecular complexity index is 350. The van der Waals surface area contributed by atoms with Crippen LogP contribution in [-0.2, 0) is 0 Å². The van der Waals surface area contributed by atoms with Gasteiger partial charge in [0.05, 0.1) is 0 Å². The molecule has 6 heteroatoms. The number of hydrogen-bond donors (Lipinski definition) is 1. The van der Waals surface area contributed by atoms with Crippen molar-refractivity contribution < 1.29 is 17.6 Å². The summed E-state index contributed by atoms with van der Waals surface area (Å²) in [6, 6.07) is 5.90. The third-order valence-electron chi connectivity index (χ3n) is 2.52. The molecule has 102 valence electrons. The summed E-state index contributed by atoms with van der Waals surface area (Å²) < 4.78 is 48.9. The Balaban J connectivity index is 2.57. The summed E-state index contributed by atoms with van der Waals surface area (Å²) in [6.45, 7) is 0.573. The molecule has 1 nitrogen and oxygen atoms in total. The normalized spacial score (nSPS) is 13.6. The first-order chi connectivity index (χ1) is 8.42. The summed E-state index contributed by atoms with van der Waals surface area (Å²) in [7, 11) is 1.74. The van der Waals surface area contributed by atoms with Crippen molar-refractivity contribution in [2.75, 3.05) is 19.3 Å². The van der Waals surface area contributed by atoms with E-state index in [0.29, 0.717) is 13.0 Å². The fourth-order valence-corrected chi connectivity index (χ4v) is 2.32. The van der Waals surface area contributed by atoms with Gasteiger partial charge in [-0.2, -0.15) is 13.2 Å². The Labute approximate surface area is 108 Å². The van der Waals surface area contributed by atoms with Crippen LogP contribution >= 0.6 is 11.8 Å². The molecule has 0 aliphatic carbocycles. The first-order valence-electron chi connectivity index (χ1n) is 5.53. The Morgan fingerprint density at radius 3 is 2.33 bits per heavy atom. The predicted molar refractivity (Wildman–Crippen MR) is 66.2 cm³/mol. The Morgan fingerprint density at radius 1 is 1.22 bits per heavy atom. The smallest absolute Gasteiger partial charge is 0.319 e. The molecule has 1 unspecified atom stereocenters. The van der Waals surface area contributed by atoms with E-state index in [-0.39, 0.29) is 29.2 Å². The van der Waals surface area contributed by atoms with Crippen LogP contribution in [0.1, 0.15) is 17.9 Å². The fourth-order valence-electron chi connectivity index (χ4n) is 1.68. The van der Waals surface area contributed by atoms with E-state index in [1.54, 1.807) is 19.2 Å². The van der Waals surface area contributed by atoms with Crippen LogP contribution in [0.5, 0.6) is 0 Å². The highest BCUT2D eigenvalue weighted by atomic mass is 32.2. The minimum Gasteiger partial charge on any atom is -0.319 e. The number of hydrogen-bond acceptors (Lipinski definition) is 2. The highest BCUT2D eigenvalue weighted by Gasteiger charge is 2.28. The number of halogens is 4. The molecule has 0 bridgehead atoms. The zero-order chi connectivity index (χ0) is 13.6. The van der Waals surface area contributed by atoms with Crippen LogP contribution in [0.2, 0.25) is 0 Å². The van der Waals surface area contributed by atoms with Gasteiger partial charge in [0.25, 0.3) is 0 Å². The van der Waals surface area contributed by atoms with E-state index in [1.165, 1.54) is 12.1 Å². The monoisotopic (exact) mass is 281 g/mol. The van der Waals surface area contributed by atoms with Gasteiger partial charge in [-0.1, -0.05) is 23.9 Å². The largest absolute Gasteiger partial charge is 0.441 e. The van der Waals surface area contributed by atoms with Crippen LogP contribution in [0.4, 0.5) is 17.6 Å². The number of nitrogens with one attached hydrogen (secondary N) is 1. The lowest BCUT2D eigenvalue weighted by molar-refractivity contribution is -0.0328. The molecular weight excluding hydrogens is 266 g/mol. The molecule has 0 aromatic heterocycles. The van der Waals surface area contributed by atoms with Gasteiger partial charge < -0.3 is 5.32 Å². The fraction of sp³-hybridized carbons (Fsp3) is 0.500. The maximum atomic E-state index is 12.8. The lowest BCUT2D eigenvalue weighted by Crippen LogP contribution is -2.18. The Morgan fingerprint density at radius 2 is 1.83 bits per heavy atom. The molecule has 0 saturated heterocycles. The molecule has 0 radical (unpaired) electrons. The minimum atomic E-state index is -4.19. The van der Waals surface area contributed by atoms with Gasteiger partial charge in [-0.25, -0.2) is 4.39 Å². The first kappa shape index (κ1) is 15.3. The molecule has 0 fully saturated rings. The Hall–Kier alpha value is -0.750. The van der Waals surface area contributed by atoms with Gasteiger partial charge in [-0.3, -0.25) is 0 Å². The molecule has 1 aromatic rings. The summed E-state index contributed by atoms with van der Waals surface area (Å²) in [5.41, 5.74) is -3.33. The molecule has 18 heavy (non-hydrogen) atoms. The second-order valence-electron chi connectivity index (χ2n) is 3.89. The van der Waals surface area contributed by atoms with Crippen LogP contribution < -0.4 is 5.32 Å². The van der Waals surface area contributed by atoms with Crippen LogP contribution in [0.15, 0.2) is 24.3 Å². The van der Waals surface area contributed by atoms with Crippen molar-refractivity contribution in [2.24, 2.45) is 0 Å². The molecule has 0 aliphatic heterocycles. The average Bonchev–Trinajstić information content (AvgIpc) is 2.27. The third-order valence-corrected chi connectivity index (χ3v) is 3.29. The topological polar surface area (TPSA) is 12.0 Å². The second kappa shape index (κ2) is 6.99. The van der Waals surface area contributed by atoms with Crippen molar-refractivity contribution in [1.29, 1.82) is 0 Å². The maximum absolute atomic E-state index is 12.8. The number of rotatable bonds is 6. The summed E-state index contributed by atoms with van der Waals surface area (Å²) in [4.78, 5) is 0. The molecule has 0 heterocycles. The molecule has 0 aliphatic rings. The van der Waals surface area contributed by atoms with Crippen molar-refractivity contribution in [3.63, 3.8) is 0 Å². The zero-order valence-corrected chi connectivity index (χ0v) is 10.7. The molecule has 0 amide bonds. The zero-order valence-electron chi connectivity index (χ0n) is 9.93. The highest BCUT2D eigenvalue weighted by Crippen LogP contribution is 2.32. The average molecular weight is 281 g/mol. The van der Waals surface area contributed by atoms with Crippen LogP contribution in [-0.4, -0.2) is 24.9 Å². The van der Waals surface area contributed by atoms with Crippen molar-refractivity contribution in [3.05, 3.63) is 35.6 Å². The maximum Gasteiger partial charge on any atom is 0.441 e. The van der Waals surface area contributed by atoms with Crippen LogP contribution in [0.25, 0.3) is 0 Å². The number of thioether (sulfide) groups is 1. The molecular formula is C12H15F4NS. The van der Waals surface area contributed by atoms with E-state index in [4.69, 9.17) is 0 Å². The standard InChI is InChI=1S/C12H15F4NS/c1-17-8-10(6-7-18-12(14,15)16)9-2-4-11(13)5-3-9/h2-5,10,17H,6-8H2,1H3. The summed E-state index contributed by atoms with van der Waals surface area (Å²) in [6.07, 6.45) is 0.399. The van der Waals surface area contributed by atoms with E-state index in [2.05, 4.69) is 5.32 Å². The molecule has 0 saturated carbocycles. The van der Waals surface area contributed by atoms with Gasteiger partial charge in [-0.15, -0.1) is 0 Å². The lowest BCUT2D eigenvalue weighted by atomic mass is 9.96. The SMILES string of the molecule is CNCC(CCSC(F)(F)F)c1ccc(F)cc1. The molecule has 1 rings (SSSR count). The van der Waals surface area contributed by atoms with Crippen molar-refractivity contribution in [2.45, 2.75) is 17.8 Å². The molecule has 1 N–H and O–H groups in total. The van der Waals surface area contributed by atoms with Crippen molar-refractivity contribution in [3.8, 4) is 0 Å². The van der Waals surface area contributed by atoms with E-state index >= 15 is 0 Å². The first-order valence-corrected chi connectivity index (χ1v) is 6.51. The Kier molecular flexibility index (Phi) is 5.95. The van der Waals surface area contributed by atoms with Gasteiger partial charge in [0.2, 0.25) is 0 Å². The number of benzene rings is 1. The third kappa shape index (κ3) is 5.73. The van der Waals surface area contributed by atoms with E-state index in [9.17, 15) is 17.6 Å². The van der Waals surface area contributed by atoms with Crippen LogP contribution in [0.3, 0.4) is 0 Å². The quantitative estimate of drug-likeness (QED) is 0.797. The minimum absolute atomic E-state index is 0.00717. The summed E-state index contributed by atoms with van der Waals surface area (Å²) in [5, 5.41) is 2.94. The summed E-state index contributed by atoms with van der Waals surface area (Å²) in [5.74, 6) is -0.371. The second-order valence-corrected chi connectivity index (χ2v) is 5.05. The van der Waals surface area contributed by atoms with Gasteiger partial charge in [-0.05, 0) is 37.1 Å². The van der Waals surface area contributed by atoms with E-state index < -0.39 is 5.51 Å². The van der Waals surface area contributed by atoms with E-state index in [1.807, 2.05) is 0 Å². The lowest BCUT2D eigenvalue weighted by Gasteiger charge is -2.17. The van der Waals surface area contributed by atoms with Gasteiger partial charge in [0, 0.05) is 12.3 Å². The van der Waals surface area contributed by atoms with Crippen molar-refractivity contribution >= 4 is 11.8 Å². The number of alkyl halides is 3. The summed E-state index contributed by atoms with van der Waals surface area (Å²) >= 11 is -0.0163. The molecule has 1 atom stereocenters. The number of likely N-dealkylation sites (N-methyl/N-ethyl adjacent to an activating group) is 1. The van der Waals surface area contributed by atoms with Crippen LogP contribution in [0, 0.1) is 5.82 Å². The van der Waals surface area contributed by atoms with Crippen molar-refractivity contribution in [1.82, 2.24) is 5.32 Å². The highest BCUT2D eigenvalue weighted by molar-refractivity contribution is 8.00.